The highest BCUT2D eigenvalue weighted by molar-refractivity contribution is 6.23. The Morgan fingerprint density at radius 3 is 1.29 bits per heavy atom. The summed E-state index contributed by atoms with van der Waals surface area (Å²) in [5.74, 6) is 0. The lowest BCUT2D eigenvalue weighted by atomic mass is 9.94. The van der Waals surface area contributed by atoms with E-state index in [0.29, 0.717) is 0 Å². The topological polar surface area (TPSA) is 0 Å². The average molecular weight is 217 g/mol. The van der Waals surface area contributed by atoms with Crippen LogP contribution >= 0.6 is 11.6 Å². The highest BCUT2D eigenvalue weighted by Gasteiger charge is 2.19. The summed E-state index contributed by atoms with van der Waals surface area (Å²) in [6.45, 7) is 2.22. The van der Waals surface area contributed by atoms with E-state index in [1.807, 2.05) is 0 Å². The van der Waals surface area contributed by atoms with Crippen molar-refractivity contribution in [3.05, 3.63) is 0 Å². The van der Waals surface area contributed by atoms with Gasteiger partial charge in [0.15, 0.2) is 0 Å². The van der Waals surface area contributed by atoms with Crippen molar-refractivity contribution in [3.8, 4) is 0 Å². The predicted octanol–water partition coefficient (Wildman–Crippen LogP) is 5.29. The molecule has 0 nitrogen and oxygen atoms in total. The molecular formula is C13H25Cl. The SMILES string of the molecule is CC1(Cl)CCCCCCCCCCC1. The summed E-state index contributed by atoms with van der Waals surface area (Å²) in [6, 6.07) is 0. The third-order valence-electron chi connectivity index (χ3n) is 3.40. The van der Waals surface area contributed by atoms with Crippen molar-refractivity contribution in [2.45, 2.75) is 82.4 Å². The van der Waals surface area contributed by atoms with E-state index in [-0.39, 0.29) is 4.87 Å². The van der Waals surface area contributed by atoms with Gasteiger partial charge in [-0.2, -0.15) is 0 Å². The van der Waals surface area contributed by atoms with Crippen molar-refractivity contribution in [1.82, 2.24) is 0 Å². The molecule has 0 spiro atoms. The van der Waals surface area contributed by atoms with Gasteiger partial charge in [-0.3, -0.25) is 0 Å². The summed E-state index contributed by atoms with van der Waals surface area (Å²) < 4.78 is 0. The van der Waals surface area contributed by atoms with Gasteiger partial charge in [0, 0.05) is 4.87 Å². The number of alkyl halides is 1. The largest absolute Gasteiger partial charge is 0.120 e. The van der Waals surface area contributed by atoms with Crippen LogP contribution < -0.4 is 0 Å². The van der Waals surface area contributed by atoms with Gasteiger partial charge < -0.3 is 0 Å². The van der Waals surface area contributed by atoms with Gasteiger partial charge in [0.1, 0.15) is 0 Å². The van der Waals surface area contributed by atoms with Crippen molar-refractivity contribution in [1.29, 1.82) is 0 Å². The van der Waals surface area contributed by atoms with E-state index in [1.54, 1.807) is 0 Å². The van der Waals surface area contributed by atoms with Crippen LogP contribution in [0.1, 0.15) is 77.6 Å². The Bertz CT molecular complexity index is 126. The van der Waals surface area contributed by atoms with Crippen molar-refractivity contribution in [3.63, 3.8) is 0 Å². The Hall–Kier alpha value is 0.290. The molecule has 1 aliphatic carbocycles. The molecule has 1 fully saturated rings. The fourth-order valence-corrected chi connectivity index (χ4v) is 2.62. The Balaban J connectivity index is 2.24. The molecule has 0 aromatic rings. The van der Waals surface area contributed by atoms with E-state index in [4.69, 9.17) is 11.6 Å². The molecule has 0 amide bonds. The Morgan fingerprint density at radius 1 is 0.643 bits per heavy atom. The fraction of sp³-hybridized carbons (Fsp3) is 1.00. The van der Waals surface area contributed by atoms with Crippen LogP contribution in [0.4, 0.5) is 0 Å². The molecule has 1 rings (SSSR count). The first-order chi connectivity index (χ1) is 6.71. The van der Waals surface area contributed by atoms with Gasteiger partial charge in [0.2, 0.25) is 0 Å². The van der Waals surface area contributed by atoms with E-state index < -0.39 is 0 Å². The predicted molar refractivity (Wildman–Crippen MR) is 65.0 cm³/mol. The van der Waals surface area contributed by atoms with E-state index >= 15 is 0 Å². The molecule has 1 aliphatic rings. The van der Waals surface area contributed by atoms with Crippen molar-refractivity contribution >= 4 is 11.6 Å². The summed E-state index contributed by atoms with van der Waals surface area (Å²) in [4.78, 5) is 0.0964. The van der Waals surface area contributed by atoms with Gasteiger partial charge in [-0.1, -0.05) is 57.8 Å². The van der Waals surface area contributed by atoms with Gasteiger partial charge in [-0.15, -0.1) is 11.6 Å². The minimum Gasteiger partial charge on any atom is -0.120 e. The first kappa shape index (κ1) is 12.4. The number of rotatable bonds is 0. The number of hydrogen-bond acceptors (Lipinski definition) is 0. The molecule has 0 aromatic heterocycles. The zero-order valence-electron chi connectivity index (χ0n) is 9.66. The summed E-state index contributed by atoms with van der Waals surface area (Å²) >= 11 is 6.47. The highest BCUT2D eigenvalue weighted by atomic mass is 35.5. The molecule has 0 radical (unpaired) electrons. The molecule has 0 bridgehead atoms. The second kappa shape index (κ2) is 6.71. The molecule has 84 valence electrons. The molecule has 1 heteroatoms. The normalized spacial score (nSPS) is 26.1. The molecule has 1 saturated carbocycles. The molecule has 0 heterocycles. The quantitative estimate of drug-likeness (QED) is 0.483. The molecule has 0 saturated heterocycles. The van der Waals surface area contributed by atoms with Crippen molar-refractivity contribution < 1.29 is 0 Å². The third kappa shape index (κ3) is 5.90. The Kier molecular flexibility index (Phi) is 5.93. The van der Waals surface area contributed by atoms with Gasteiger partial charge in [-0.25, -0.2) is 0 Å². The van der Waals surface area contributed by atoms with Crippen LogP contribution in [0.25, 0.3) is 0 Å². The maximum atomic E-state index is 6.47. The third-order valence-corrected chi connectivity index (χ3v) is 3.77. The smallest absolute Gasteiger partial charge is 0.0418 e. The van der Waals surface area contributed by atoms with Gasteiger partial charge in [0.05, 0.1) is 0 Å². The van der Waals surface area contributed by atoms with Crippen LogP contribution in [-0.4, -0.2) is 4.87 Å². The van der Waals surface area contributed by atoms with Crippen molar-refractivity contribution in [2.75, 3.05) is 0 Å². The lowest BCUT2D eigenvalue weighted by Crippen LogP contribution is -2.16. The second-order valence-corrected chi connectivity index (χ2v) is 6.01. The summed E-state index contributed by atoms with van der Waals surface area (Å²) in [6.07, 6.45) is 15.1. The van der Waals surface area contributed by atoms with Crippen LogP contribution in [0.5, 0.6) is 0 Å². The molecule has 0 unspecified atom stereocenters. The van der Waals surface area contributed by atoms with E-state index in [1.165, 1.54) is 70.6 Å². The minimum atomic E-state index is 0.0964. The lowest BCUT2D eigenvalue weighted by molar-refractivity contribution is 0.444. The standard InChI is InChI=1S/C13H25Cl/c1-13(14)11-9-7-5-3-2-4-6-8-10-12-13/h2-12H2,1H3. The molecule has 0 aromatic carbocycles. The Morgan fingerprint density at radius 2 is 0.929 bits per heavy atom. The van der Waals surface area contributed by atoms with E-state index in [2.05, 4.69) is 6.92 Å². The monoisotopic (exact) mass is 216 g/mol. The van der Waals surface area contributed by atoms with Crippen LogP contribution in [-0.2, 0) is 0 Å². The van der Waals surface area contributed by atoms with Crippen LogP contribution in [0, 0.1) is 0 Å². The highest BCUT2D eigenvalue weighted by Crippen LogP contribution is 2.29. The maximum Gasteiger partial charge on any atom is 0.0418 e. The average Bonchev–Trinajstić information content (AvgIpc) is 2.11. The molecular weight excluding hydrogens is 192 g/mol. The zero-order chi connectivity index (χ0) is 10.3. The van der Waals surface area contributed by atoms with Crippen LogP contribution in [0.2, 0.25) is 0 Å². The fourth-order valence-electron chi connectivity index (χ4n) is 2.35. The van der Waals surface area contributed by atoms with Gasteiger partial charge in [0.25, 0.3) is 0 Å². The zero-order valence-corrected chi connectivity index (χ0v) is 10.4. The Labute approximate surface area is 94.4 Å². The first-order valence-corrected chi connectivity index (χ1v) is 6.77. The molecule has 0 aliphatic heterocycles. The summed E-state index contributed by atoms with van der Waals surface area (Å²) in [5, 5.41) is 0. The maximum absolute atomic E-state index is 6.47. The van der Waals surface area contributed by atoms with Crippen molar-refractivity contribution in [2.24, 2.45) is 0 Å². The molecule has 0 atom stereocenters. The molecule has 14 heavy (non-hydrogen) atoms. The van der Waals surface area contributed by atoms with Gasteiger partial charge >= 0.3 is 0 Å². The number of hydrogen-bond donors (Lipinski definition) is 0. The lowest BCUT2D eigenvalue weighted by Gasteiger charge is -2.22. The minimum absolute atomic E-state index is 0.0964. The first-order valence-electron chi connectivity index (χ1n) is 6.40. The summed E-state index contributed by atoms with van der Waals surface area (Å²) in [5.41, 5.74) is 0. The van der Waals surface area contributed by atoms with E-state index in [0.717, 1.165) is 0 Å². The van der Waals surface area contributed by atoms with E-state index in [9.17, 15) is 0 Å². The van der Waals surface area contributed by atoms with Gasteiger partial charge in [-0.05, 0) is 19.8 Å². The van der Waals surface area contributed by atoms with Crippen LogP contribution in [0.3, 0.4) is 0 Å². The summed E-state index contributed by atoms with van der Waals surface area (Å²) in [7, 11) is 0. The molecule has 0 N–H and O–H groups in total. The number of halogens is 1. The van der Waals surface area contributed by atoms with Crippen LogP contribution in [0.15, 0.2) is 0 Å². The second-order valence-electron chi connectivity index (χ2n) is 5.10.